The molecule has 0 aliphatic carbocycles. The average molecular weight is 497 g/mol. The molecule has 0 saturated heterocycles. The van der Waals surface area contributed by atoms with E-state index in [4.69, 9.17) is 20.9 Å². The van der Waals surface area contributed by atoms with E-state index < -0.39 is 0 Å². The summed E-state index contributed by atoms with van der Waals surface area (Å²) in [6.07, 6.45) is 0. The van der Waals surface area contributed by atoms with Crippen LogP contribution in [0.1, 0.15) is 18.1 Å². The van der Waals surface area contributed by atoms with E-state index in [1.165, 1.54) is 0 Å². The van der Waals surface area contributed by atoms with Crippen LogP contribution < -0.4 is 26.3 Å². The van der Waals surface area contributed by atoms with Gasteiger partial charge in [0.25, 0.3) is 5.91 Å². The van der Waals surface area contributed by atoms with Gasteiger partial charge < -0.3 is 26.3 Å². The first-order valence-corrected chi connectivity index (χ1v) is 10.4. The summed E-state index contributed by atoms with van der Waals surface area (Å²) in [4.78, 5) is 20.3. The molecule has 1 amide bonds. The second-order valence-electron chi connectivity index (χ2n) is 6.72. The van der Waals surface area contributed by atoms with Gasteiger partial charge in [-0.3, -0.25) is 4.79 Å². The molecule has 0 spiro atoms. The highest BCUT2D eigenvalue weighted by molar-refractivity contribution is 9.10. The number of nitrogen functional groups attached to an aromatic ring is 2. The van der Waals surface area contributed by atoms with Gasteiger partial charge in [-0.1, -0.05) is 17.7 Å². The second-order valence-corrected chi connectivity index (χ2v) is 7.57. The molecule has 10 heteroatoms. The minimum absolute atomic E-state index is 0.0204. The number of nitrogens with two attached hydrogens (primary N) is 2. The highest BCUT2D eigenvalue weighted by Crippen LogP contribution is 2.40. The van der Waals surface area contributed by atoms with Gasteiger partial charge in [-0.05, 0) is 54.0 Å². The first-order valence-electron chi connectivity index (χ1n) is 9.61. The van der Waals surface area contributed by atoms with Crippen molar-refractivity contribution in [1.29, 1.82) is 5.26 Å². The number of carbonyl (C=O) groups excluding carboxylic acids is 1. The molecule has 0 aliphatic rings. The Hall–Kier alpha value is -3.84. The number of nitrogens with zero attached hydrogens (tertiary/aromatic N) is 3. The smallest absolute Gasteiger partial charge is 0.262 e. The molecule has 3 rings (SSSR count). The first kappa shape index (κ1) is 22.8. The molecule has 0 radical (unpaired) electrons. The zero-order valence-corrected chi connectivity index (χ0v) is 19.1. The first-order chi connectivity index (χ1) is 15.3. The molecule has 3 aromatic rings. The molecule has 5 N–H and O–H groups in total. The molecule has 9 nitrogen and oxygen atoms in total. The van der Waals surface area contributed by atoms with Crippen LogP contribution in [0.25, 0.3) is 11.3 Å². The molecular formula is C22H21BrN6O3. The fourth-order valence-corrected chi connectivity index (χ4v) is 3.39. The van der Waals surface area contributed by atoms with Crippen molar-refractivity contribution >= 4 is 39.3 Å². The van der Waals surface area contributed by atoms with Crippen LogP contribution in [0.5, 0.6) is 11.5 Å². The van der Waals surface area contributed by atoms with Gasteiger partial charge in [0.1, 0.15) is 17.5 Å². The number of rotatable bonds is 7. The van der Waals surface area contributed by atoms with Gasteiger partial charge >= 0.3 is 0 Å². The van der Waals surface area contributed by atoms with Crippen LogP contribution >= 0.6 is 15.9 Å². The Kier molecular flexibility index (Phi) is 7.12. The monoisotopic (exact) mass is 496 g/mol. The topological polar surface area (TPSA) is 149 Å². The number of anilines is 3. The Morgan fingerprint density at radius 2 is 1.84 bits per heavy atom. The molecule has 1 heterocycles. The lowest BCUT2D eigenvalue weighted by Gasteiger charge is -2.16. The molecule has 0 saturated carbocycles. The number of nitrogens with one attached hydrogen (secondary N) is 1. The lowest BCUT2D eigenvalue weighted by molar-refractivity contribution is -0.118. The quantitative estimate of drug-likeness (QED) is 0.448. The number of ether oxygens (including phenoxy) is 2. The number of halogens is 1. The minimum Gasteiger partial charge on any atom is -0.490 e. The van der Waals surface area contributed by atoms with Gasteiger partial charge in [0.05, 0.1) is 12.3 Å². The van der Waals surface area contributed by atoms with Gasteiger partial charge in [0.15, 0.2) is 18.1 Å². The number of aromatic nitrogens is 2. The minimum atomic E-state index is -0.320. The summed E-state index contributed by atoms with van der Waals surface area (Å²) < 4.78 is 11.9. The SMILES string of the molecule is CCOc1cc(-c2nc(N)nc(N)c2C#N)c(Br)cc1OCC(=O)Nc1ccc(C)cc1. The van der Waals surface area contributed by atoms with Gasteiger partial charge in [0, 0.05) is 15.7 Å². The van der Waals surface area contributed by atoms with E-state index in [0.29, 0.717) is 33.8 Å². The molecule has 0 bridgehead atoms. The van der Waals surface area contributed by atoms with E-state index in [9.17, 15) is 10.1 Å². The Bertz CT molecular complexity index is 1190. The predicted octanol–water partition coefficient (Wildman–Crippen LogP) is 3.67. The van der Waals surface area contributed by atoms with E-state index >= 15 is 0 Å². The largest absolute Gasteiger partial charge is 0.490 e. The number of aryl methyl sites for hydroxylation is 1. The Labute approximate surface area is 193 Å². The van der Waals surface area contributed by atoms with E-state index in [-0.39, 0.29) is 35.5 Å². The summed E-state index contributed by atoms with van der Waals surface area (Å²) in [7, 11) is 0. The molecular weight excluding hydrogens is 476 g/mol. The summed E-state index contributed by atoms with van der Waals surface area (Å²) >= 11 is 3.46. The summed E-state index contributed by atoms with van der Waals surface area (Å²) in [6.45, 7) is 3.91. The Morgan fingerprint density at radius 1 is 1.16 bits per heavy atom. The van der Waals surface area contributed by atoms with Crippen molar-refractivity contribution in [2.75, 3.05) is 30.0 Å². The van der Waals surface area contributed by atoms with Crippen molar-refractivity contribution in [2.24, 2.45) is 0 Å². The molecule has 0 unspecified atom stereocenters. The zero-order valence-electron chi connectivity index (χ0n) is 17.5. The van der Waals surface area contributed by atoms with E-state index in [1.807, 2.05) is 44.2 Å². The third-order valence-corrected chi connectivity index (χ3v) is 5.00. The Balaban J connectivity index is 1.87. The average Bonchev–Trinajstić information content (AvgIpc) is 2.75. The van der Waals surface area contributed by atoms with E-state index in [0.717, 1.165) is 5.56 Å². The van der Waals surface area contributed by atoms with Crippen LogP contribution in [-0.2, 0) is 4.79 Å². The summed E-state index contributed by atoms with van der Waals surface area (Å²) in [5, 5.41) is 12.3. The lowest BCUT2D eigenvalue weighted by Crippen LogP contribution is -2.20. The predicted molar refractivity (Wildman–Crippen MR) is 125 cm³/mol. The van der Waals surface area contributed by atoms with Crippen molar-refractivity contribution in [3.63, 3.8) is 0 Å². The zero-order chi connectivity index (χ0) is 23.3. The third kappa shape index (κ3) is 5.25. The summed E-state index contributed by atoms with van der Waals surface area (Å²) in [5.74, 6) is 0.311. The maximum Gasteiger partial charge on any atom is 0.262 e. The van der Waals surface area contributed by atoms with Crippen molar-refractivity contribution in [2.45, 2.75) is 13.8 Å². The van der Waals surface area contributed by atoms with Gasteiger partial charge in [-0.2, -0.15) is 10.2 Å². The molecule has 164 valence electrons. The van der Waals surface area contributed by atoms with Crippen molar-refractivity contribution in [3.8, 4) is 28.8 Å². The number of amides is 1. The molecule has 32 heavy (non-hydrogen) atoms. The van der Waals surface area contributed by atoms with Crippen LogP contribution in [0.2, 0.25) is 0 Å². The third-order valence-electron chi connectivity index (χ3n) is 4.35. The number of carbonyl (C=O) groups is 1. The fourth-order valence-electron chi connectivity index (χ4n) is 2.88. The van der Waals surface area contributed by atoms with Crippen LogP contribution in [0, 0.1) is 18.3 Å². The molecule has 1 aromatic heterocycles. The number of hydrogen-bond donors (Lipinski definition) is 3. The van der Waals surface area contributed by atoms with Crippen LogP contribution in [0.4, 0.5) is 17.5 Å². The summed E-state index contributed by atoms with van der Waals surface area (Å²) in [5.41, 5.74) is 14.2. The summed E-state index contributed by atoms with van der Waals surface area (Å²) in [6, 6.07) is 12.7. The molecule has 0 atom stereocenters. The van der Waals surface area contributed by atoms with E-state index in [1.54, 1.807) is 12.1 Å². The molecule has 2 aromatic carbocycles. The van der Waals surface area contributed by atoms with Crippen LogP contribution in [0.3, 0.4) is 0 Å². The normalized spacial score (nSPS) is 10.3. The van der Waals surface area contributed by atoms with Gasteiger partial charge in [0.2, 0.25) is 5.95 Å². The molecule has 0 fully saturated rings. The highest BCUT2D eigenvalue weighted by Gasteiger charge is 2.19. The number of nitriles is 1. The van der Waals surface area contributed by atoms with Crippen molar-refractivity contribution in [3.05, 3.63) is 52.0 Å². The van der Waals surface area contributed by atoms with Crippen LogP contribution in [-0.4, -0.2) is 29.1 Å². The second kappa shape index (κ2) is 9.98. The van der Waals surface area contributed by atoms with Gasteiger partial charge in [-0.25, -0.2) is 4.98 Å². The molecule has 0 aliphatic heterocycles. The van der Waals surface area contributed by atoms with Gasteiger partial charge in [-0.15, -0.1) is 0 Å². The lowest BCUT2D eigenvalue weighted by atomic mass is 10.1. The number of hydrogen-bond acceptors (Lipinski definition) is 8. The Morgan fingerprint density at radius 3 is 2.50 bits per heavy atom. The van der Waals surface area contributed by atoms with Crippen molar-refractivity contribution < 1.29 is 14.3 Å². The fraction of sp³-hybridized carbons (Fsp3) is 0.182. The van der Waals surface area contributed by atoms with E-state index in [2.05, 4.69) is 31.2 Å². The highest BCUT2D eigenvalue weighted by atomic mass is 79.9. The van der Waals surface area contributed by atoms with Crippen molar-refractivity contribution in [1.82, 2.24) is 9.97 Å². The maximum absolute atomic E-state index is 12.3. The standard InChI is InChI=1S/C22H21BrN6O3/c1-3-31-17-8-14(20-15(10-24)21(25)29-22(26)28-20)16(23)9-18(17)32-11-19(30)27-13-6-4-12(2)5-7-13/h4-9H,3,11H2,1-2H3,(H,27,30)(H4,25,26,28,29). The van der Waals surface area contributed by atoms with Crippen LogP contribution in [0.15, 0.2) is 40.9 Å². The number of benzene rings is 2. The maximum atomic E-state index is 12.3.